The zero-order valence-corrected chi connectivity index (χ0v) is 25.3. The van der Waals surface area contributed by atoms with Crippen LogP contribution in [0.25, 0.3) is 0 Å². The minimum absolute atomic E-state index is 0.289. The van der Waals surface area contributed by atoms with Crippen molar-refractivity contribution in [3.05, 3.63) is 119 Å². The highest BCUT2D eigenvalue weighted by molar-refractivity contribution is 8.02. The summed E-state index contributed by atoms with van der Waals surface area (Å²) in [5, 5.41) is 19.2. The molecule has 0 aromatic heterocycles. The summed E-state index contributed by atoms with van der Waals surface area (Å²) in [5.74, 6) is -1.08. The van der Waals surface area contributed by atoms with Crippen LogP contribution in [0.3, 0.4) is 0 Å². The largest absolute Gasteiger partial charge is 0.480 e. The van der Waals surface area contributed by atoms with Crippen molar-refractivity contribution < 1.29 is 19.4 Å². The maximum absolute atomic E-state index is 13.6. The summed E-state index contributed by atoms with van der Waals surface area (Å²) in [6, 6.07) is 28.0. The van der Waals surface area contributed by atoms with Gasteiger partial charge in [-0.1, -0.05) is 104 Å². The van der Waals surface area contributed by atoms with Crippen LogP contribution in [0.15, 0.2) is 102 Å². The molecule has 0 saturated heterocycles. The summed E-state index contributed by atoms with van der Waals surface area (Å²) in [7, 11) is 0. The van der Waals surface area contributed by atoms with Crippen LogP contribution in [0.1, 0.15) is 63.1 Å². The second-order valence-corrected chi connectivity index (χ2v) is 13.1. The van der Waals surface area contributed by atoms with Crippen LogP contribution in [0.5, 0.6) is 0 Å². The van der Waals surface area contributed by atoms with Gasteiger partial charge in [0.15, 0.2) is 0 Å². The average molecular weight is 585 g/mol. The second kappa shape index (κ2) is 12.9. The quantitative estimate of drug-likeness (QED) is 0.196. The number of aliphatic carboxylic acids is 1. The van der Waals surface area contributed by atoms with E-state index in [-0.39, 0.29) is 11.9 Å². The molecule has 7 heteroatoms. The Morgan fingerprint density at radius 3 is 1.76 bits per heavy atom. The minimum atomic E-state index is -1.07. The van der Waals surface area contributed by atoms with Gasteiger partial charge in [-0.15, -0.1) is 11.8 Å². The second-order valence-electron chi connectivity index (χ2n) is 12.1. The van der Waals surface area contributed by atoms with Gasteiger partial charge in [-0.2, -0.15) is 0 Å². The first kappa shape index (κ1) is 30.1. The van der Waals surface area contributed by atoms with Crippen LogP contribution in [-0.2, 0) is 19.9 Å². The zero-order valence-electron chi connectivity index (χ0n) is 24.5. The normalized spacial score (nSPS) is 20.5. The number of carbonyl (C=O) groups excluding carboxylic acids is 1. The van der Waals surface area contributed by atoms with Crippen molar-refractivity contribution in [3.8, 4) is 0 Å². The first-order valence-electron chi connectivity index (χ1n) is 14.7. The van der Waals surface area contributed by atoms with Crippen molar-refractivity contribution in [1.29, 1.82) is 0 Å². The molecule has 1 aliphatic carbocycles. The number of ether oxygens (including phenoxy) is 1. The molecule has 0 amide bonds. The van der Waals surface area contributed by atoms with Gasteiger partial charge in [0, 0.05) is 0 Å². The summed E-state index contributed by atoms with van der Waals surface area (Å²) in [4.78, 5) is 26.7. The monoisotopic (exact) mass is 584 g/mol. The van der Waals surface area contributed by atoms with E-state index in [9.17, 15) is 14.7 Å². The van der Waals surface area contributed by atoms with Crippen LogP contribution in [-0.4, -0.2) is 40.1 Å². The SMILES string of the molecule is CC(C)(C)OC(=O)C1NC(C(NC(c2ccccc2)(c2ccccc2)c2ccccc2)C(=O)O)SC=C1C1CCCC1. The molecular formula is C35H40N2O4S. The fourth-order valence-corrected chi connectivity index (χ4v) is 7.35. The predicted octanol–water partition coefficient (Wildman–Crippen LogP) is 6.47. The van der Waals surface area contributed by atoms with Crippen LogP contribution in [0.2, 0.25) is 0 Å². The van der Waals surface area contributed by atoms with Crippen molar-refractivity contribution in [2.75, 3.05) is 0 Å². The van der Waals surface area contributed by atoms with Gasteiger partial charge in [0.1, 0.15) is 17.7 Å². The number of nitrogens with one attached hydrogen (secondary N) is 2. The molecule has 0 radical (unpaired) electrons. The highest BCUT2D eigenvalue weighted by Crippen LogP contribution is 2.41. The van der Waals surface area contributed by atoms with Crippen LogP contribution in [0, 0.1) is 5.92 Å². The molecule has 1 saturated carbocycles. The number of carboxylic acids is 1. The molecule has 1 heterocycles. The topological polar surface area (TPSA) is 87.7 Å². The third-order valence-corrected chi connectivity index (χ3v) is 9.15. The van der Waals surface area contributed by atoms with Gasteiger partial charge in [-0.25, -0.2) is 4.79 Å². The molecule has 0 bridgehead atoms. The summed E-state index contributed by atoms with van der Waals surface area (Å²) in [6.07, 6.45) is 4.31. The van der Waals surface area contributed by atoms with Crippen LogP contribution in [0.4, 0.5) is 0 Å². The van der Waals surface area contributed by atoms with Crippen molar-refractivity contribution in [3.63, 3.8) is 0 Å². The van der Waals surface area contributed by atoms with Crippen molar-refractivity contribution >= 4 is 23.7 Å². The number of esters is 1. The van der Waals surface area contributed by atoms with Gasteiger partial charge in [0.25, 0.3) is 0 Å². The summed E-state index contributed by atoms with van der Waals surface area (Å²) >= 11 is 1.44. The standard InChI is InChI=1S/C35H40N2O4S/c1-34(2,3)41-33(40)29-28(24-15-13-14-16-24)23-42-31(36-29)30(32(38)39)37-35(25-17-7-4-8-18-25,26-19-9-5-10-20-26)27-21-11-6-12-22-27/h4-12,17-24,29-31,36-37H,13-16H2,1-3H3,(H,38,39). The first-order valence-corrected chi connectivity index (χ1v) is 15.6. The molecule has 6 nitrogen and oxygen atoms in total. The Bertz CT molecular complexity index is 1290. The molecule has 0 spiro atoms. The fraction of sp³-hybridized carbons (Fsp3) is 0.371. The van der Waals surface area contributed by atoms with Crippen molar-refractivity contribution in [1.82, 2.24) is 10.6 Å². The maximum Gasteiger partial charge on any atom is 0.328 e. The molecule has 42 heavy (non-hydrogen) atoms. The van der Waals surface area contributed by atoms with Crippen molar-refractivity contribution in [2.24, 2.45) is 5.92 Å². The highest BCUT2D eigenvalue weighted by atomic mass is 32.2. The molecule has 3 aromatic carbocycles. The Morgan fingerprint density at radius 2 is 1.33 bits per heavy atom. The van der Waals surface area contributed by atoms with Crippen molar-refractivity contribution in [2.45, 2.75) is 75.1 Å². The lowest BCUT2D eigenvalue weighted by Gasteiger charge is -2.42. The van der Waals surface area contributed by atoms with E-state index in [1.165, 1.54) is 11.8 Å². The van der Waals surface area contributed by atoms with E-state index in [0.29, 0.717) is 0 Å². The lowest BCUT2D eigenvalue weighted by molar-refractivity contribution is -0.157. The molecule has 3 N–H and O–H groups in total. The number of hydrogen-bond acceptors (Lipinski definition) is 6. The van der Waals surface area contributed by atoms with E-state index in [1.807, 2.05) is 117 Å². The Hall–Kier alpha value is -3.39. The van der Waals surface area contributed by atoms with Gasteiger partial charge in [-0.3, -0.25) is 15.4 Å². The predicted molar refractivity (Wildman–Crippen MR) is 168 cm³/mol. The number of benzene rings is 3. The lowest BCUT2D eigenvalue weighted by atomic mass is 9.76. The fourth-order valence-electron chi connectivity index (χ4n) is 6.17. The number of rotatable bonds is 9. The van der Waals surface area contributed by atoms with E-state index in [1.54, 1.807) is 0 Å². The summed E-state index contributed by atoms with van der Waals surface area (Å²) in [6.45, 7) is 5.57. The van der Waals surface area contributed by atoms with Gasteiger partial charge >= 0.3 is 11.9 Å². The maximum atomic E-state index is 13.6. The van der Waals surface area contributed by atoms with E-state index in [4.69, 9.17) is 4.74 Å². The van der Waals surface area contributed by atoms with E-state index in [0.717, 1.165) is 47.9 Å². The molecule has 2 aliphatic rings. The third kappa shape index (κ3) is 6.48. The third-order valence-electron chi connectivity index (χ3n) is 8.05. The summed E-state index contributed by atoms with van der Waals surface area (Å²) in [5.41, 5.74) is 2.12. The number of hydrogen-bond donors (Lipinski definition) is 3. The smallest absolute Gasteiger partial charge is 0.328 e. The van der Waals surface area contributed by atoms with Crippen LogP contribution >= 0.6 is 11.8 Å². The minimum Gasteiger partial charge on any atom is -0.480 e. The Balaban J connectivity index is 1.59. The Morgan fingerprint density at radius 1 is 0.857 bits per heavy atom. The van der Waals surface area contributed by atoms with E-state index < -0.39 is 34.6 Å². The Kier molecular flexibility index (Phi) is 9.21. The van der Waals surface area contributed by atoms with Gasteiger partial charge in [0.2, 0.25) is 0 Å². The molecule has 3 atom stereocenters. The molecule has 5 rings (SSSR count). The molecule has 1 aliphatic heterocycles. The molecular weight excluding hydrogens is 544 g/mol. The number of thioether (sulfide) groups is 1. The Labute approximate surface area is 253 Å². The molecule has 1 fully saturated rings. The zero-order chi connectivity index (χ0) is 29.7. The van der Waals surface area contributed by atoms with Gasteiger partial charge in [0.05, 0.1) is 10.9 Å². The van der Waals surface area contributed by atoms with Gasteiger partial charge in [-0.05, 0) is 67.2 Å². The molecule has 3 aromatic rings. The van der Waals surface area contributed by atoms with E-state index in [2.05, 4.69) is 10.6 Å². The first-order chi connectivity index (χ1) is 20.2. The summed E-state index contributed by atoms with van der Waals surface area (Å²) < 4.78 is 5.85. The number of carboxylic acid groups (broad SMARTS) is 1. The average Bonchev–Trinajstić information content (AvgIpc) is 3.53. The highest BCUT2D eigenvalue weighted by Gasteiger charge is 2.46. The van der Waals surface area contributed by atoms with Gasteiger partial charge < -0.3 is 9.84 Å². The van der Waals surface area contributed by atoms with Crippen LogP contribution < -0.4 is 10.6 Å². The molecule has 3 unspecified atom stereocenters. The molecule has 220 valence electrons. The van der Waals surface area contributed by atoms with E-state index >= 15 is 0 Å². The number of carbonyl (C=O) groups is 2. The lowest BCUT2D eigenvalue weighted by Crippen LogP contribution is -2.62.